The second-order valence-electron chi connectivity index (χ2n) is 5.70. The number of rotatable bonds is 7. The minimum Gasteiger partial charge on any atom is -0.396 e. The molecule has 0 radical (unpaired) electrons. The number of nitrogens with one attached hydrogen (secondary N) is 1. The van der Waals surface area contributed by atoms with Gasteiger partial charge in [0.2, 0.25) is 0 Å². The van der Waals surface area contributed by atoms with Crippen LogP contribution in [0.1, 0.15) is 54.8 Å². The Morgan fingerprint density at radius 3 is 2.55 bits per heavy atom. The van der Waals surface area contributed by atoms with Gasteiger partial charge in [0.15, 0.2) is 0 Å². The third-order valence-corrected chi connectivity index (χ3v) is 3.73. The Kier molecular flexibility index (Phi) is 5.78. The number of aromatic nitrogens is 1. The summed E-state index contributed by atoms with van der Waals surface area (Å²) in [7, 11) is 0. The van der Waals surface area contributed by atoms with Crippen LogP contribution in [0.25, 0.3) is 0 Å². The first-order valence-corrected chi connectivity index (χ1v) is 7.77. The lowest BCUT2D eigenvalue weighted by molar-refractivity contribution is 0.0921. The normalized spacial score (nSPS) is 12.4. The quantitative estimate of drug-likeness (QED) is 0.824. The predicted octanol–water partition coefficient (Wildman–Crippen LogP) is 3.31. The third kappa shape index (κ3) is 3.98. The fraction of sp³-hybridized carbons (Fsp3) is 0.389. The molecule has 0 aliphatic carbocycles. The molecule has 0 fully saturated rings. The van der Waals surface area contributed by atoms with E-state index in [1.165, 1.54) is 0 Å². The van der Waals surface area contributed by atoms with Crippen molar-refractivity contribution in [1.82, 2.24) is 9.88 Å². The summed E-state index contributed by atoms with van der Waals surface area (Å²) in [6.45, 7) is 4.23. The molecule has 1 amide bonds. The van der Waals surface area contributed by atoms with Gasteiger partial charge in [0.25, 0.3) is 5.91 Å². The zero-order valence-corrected chi connectivity index (χ0v) is 13.2. The minimum absolute atomic E-state index is 0.0782. The molecule has 0 bridgehead atoms. The van der Waals surface area contributed by atoms with Crippen molar-refractivity contribution in [1.29, 1.82) is 0 Å². The Balaban J connectivity index is 2.16. The van der Waals surface area contributed by atoms with Crippen molar-refractivity contribution < 1.29 is 9.90 Å². The lowest BCUT2D eigenvalue weighted by Crippen LogP contribution is -2.30. The van der Waals surface area contributed by atoms with Crippen molar-refractivity contribution in [2.24, 2.45) is 0 Å². The van der Waals surface area contributed by atoms with Gasteiger partial charge in [-0.2, -0.15) is 0 Å². The molecule has 0 aliphatic rings. The molecule has 0 spiro atoms. The summed E-state index contributed by atoms with van der Waals surface area (Å²) in [6, 6.07) is 13.8. The Morgan fingerprint density at radius 2 is 1.91 bits per heavy atom. The molecule has 1 unspecified atom stereocenters. The number of benzene rings is 1. The van der Waals surface area contributed by atoms with Gasteiger partial charge in [-0.1, -0.05) is 30.3 Å². The van der Waals surface area contributed by atoms with E-state index in [1.807, 2.05) is 53.2 Å². The molecule has 4 nitrogen and oxygen atoms in total. The van der Waals surface area contributed by atoms with Gasteiger partial charge in [0, 0.05) is 18.8 Å². The zero-order chi connectivity index (χ0) is 15.9. The highest BCUT2D eigenvalue weighted by Gasteiger charge is 2.18. The average molecular weight is 300 g/mol. The molecular weight excluding hydrogens is 276 g/mol. The van der Waals surface area contributed by atoms with Crippen LogP contribution in [0.4, 0.5) is 0 Å². The van der Waals surface area contributed by atoms with E-state index in [2.05, 4.69) is 19.2 Å². The van der Waals surface area contributed by atoms with Crippen LogP contribution in [0.3, 0.4) is 0 Å². The van der Waals surface area contributed by atoms with Crippen molar-refractivity contribution in [3.63, 3.8) is 0 Å². The van der Waals surface area contributed by atoms with Crippen LogP contribution in [0, 0.1) is 0 Å². The fourth-order valence-corrected chi connectivity index (χ4v) is 2.57. The van der Waals surface area contributed by atoms with E-state index in [4.69, 9.17) is 5.11 Å². The Hall–Kier alpha value is -2.07. The summed E-state index contributed by atoms with van der Waals surface area (Å²) >= 11 is 0. The summed E-state index contributed by atoms with van der Waals surface area (Å²) in [6.07, 6.45) is 3.30. The zero-order valence-electron chi connectivity index (χ0n) is 13.2. The Labute approximate surface area is 131 Å². The lowest BCUT2D eigenvalue weighted by Gasteiger charge is -2.20. The molecule has 1 heterocycles. The van der Waals surface area contributed by atoms with Crippen molar-refractivity contribution in [2.75, 3.05) is 6.61 Å². The maximum Gasteiger partial charge on any atom is 0.268 e. The van der Waals surface area contributed by atoms with Crippen molar-refractivity contribution in [3.05, 3.63) is 59.9 Å². The molecule has 2 rings (SSSR count). The number of carbonyl (C=O) groups excluding carboxylic acids is 1. The monoisotopic (exact) mass is 300 g/mol. The summed E-state index contributed by atoms with van der Waals surface area (Å²) in [5.74, 6) is -0.0782. The van der Waals surface area contributed by atoms with Crippen LogP contribution in [0.2, 0.25) is 0 Å². The standard InChI is InChI=1S/C18H24N2O2/c1-14(2)20-12-6-11-17(20)18(22)19-16(10-7-13-21)15-8-4-3-5-9-15/h3-6,8-9,11-12,14,16,21H,7,10,13H2,1-2H3,(H,19,22). The summed E-state index contributed by atoms with van der Waals surface area (Å²) in [5, 5.41) is 12.2. The Bertz CT molecular complexity index is 590. The van der Waals surface area contributed by atoms with Crippen LogP contribution >= 0.6 is 0 Å². The molecule has 1 atom stereocenters. The highest BCUT2D eigenvalue weighted by molar-refractivity contribution is 5.93. The smallest absolute Gasteiger partial charge is 0.268 e. The van der Waals surface area contributed by atoms with E-state index >= 15 is 0 Å². The lowest BCUT2D eigenvalue weighted by atomic mass is 10.0. The molecule has 0 saturated carbocycles. The highest BCUT2D eigenvalue weighted by atomic mass is 16.3. The molecular formula is C18H24N2O2. The third-order valence-electron chi connectivity index (χ3n) is 3.73. The second-order valence-corrected chi connectivity index (χ2v) is 5.70. The first kappa shape index (κ1) is 16.3. The number of nitrogens with zero attached hydrogens (tertiary/aromatic N) is 1. The highest BCUT2D eigenvalue weighted by Crippen LogP contribution is 2.19. The van der Waals surface area contributed by atoms with E-state index in [-0.39, 0.29) is 24.6 Å². The van der Waals surface area contributed by atoms with Crippen LogP contribution < -0.4 is 5.32 Å². The van der Waals surface area contributed by atoms with E-state index < -0.39 is 0 Å². The van der Waals surface area contributed by atoms with E-state index in [0.717, 1.165) is 5.56 Å². The maximum atomic E-state index is 12.6. The van der Waals surface area contributed by atoms with Gasteiger partial charge in [-0.25, -0.2) is 0 Å². The number of hydrogen-bond donors (Lipinski definition) is 2. The second kappa shape index (κ2) is 7.80. The molecule has 0 aliphatic heterocycles. The number of carbonyl (C=O) groups is 1. The number of amides is 1. The SMILES string of the molecule is CC(C)n1cccc1C(=O)NC(CCCO)c1ccccc1. The maximum absolute atomic E-state index is 12.6. The predicted molar refractivity (Wildman–Crippen MR) is 87.8 cm³/mol. The van der Waals surface area contributed by atoms with Gasteiger partial charge in [-0.05, 0) is 44.4 Å². The Morgan fingerprint density at radius 1 is 1.18 bits per heavy atom. The molecule has 4 heteroatoms. The molecule has 1 aromatic heterocycles. The largest absolute Gasteiger partial charge is 0.396 e. The molecule has 2 aromatic rings. The van der Waals surface area contributed by atoms with Gasteiger partial charge >= 0.3 is 0 Å². The summed E-state index contributed by atoms with van der Waals surface area (Å²) < 4.78 is 1.96. The van der Waals surface area contributed by atoms with Gasteiger partial charge in [-0.3, -0.25) is 4.79 Å². The number of hydrogen-bond acceptors (Lipinski definition) is 2. The topological polar surface area (TPSA) is 54.3 Å². The average Bonchev–Trinajstić information content (AvgIpc) is 3.02. The molecule has 118 valence electrons. The van der Waals surface area contributed by atoms with Crippen LogP contribution in [0.5, 0.6) is 0 Å². The number of aliphatic hydroxyl groups is 1. The first-order chi connectivity index (χ1) is 10.6. The summed E-state index contributed by atoms with van der Waals surface area (Å²) in [4.78, 5) is 12.6. The molecule has 1 aromatic carbocycles. The van der Waals surface area contributed by atoms with E-state index in [9.17, 15) is 4.79 Å². The number of aliphatic hydroxyl groups excluding tert-OH is 1. The van der Waals surface area contributed by atoms with Gasteiger partial charge < -0.3 is 15.0 Å². The van der Waals surface area contributed by atoms with Crippen molar-refractivity contribution >= 4 is 5.91 Å². The van der Waals surface area contributed by atoms with Crippen LogP contribution in [-0.4, -0.2) is 22.2 Å². The molecule has 22 heavy (non-hydrogen) atoms. The summed E-state index contributed by atoms with van der Waals surface area (Å²) in [5.41, 5.74) is 1.73. The fourth-order valence-electron chi connectivity index (χ4n) is 2.57. The van der Waals surface area contributed by atoms with Gasteiger partial charge in [-0.15, -0.1) is 0 Å². The van der Waals surface area contributed by atoms with Crippen molar-refractivity contribution in [2.45, 2.75) is 38.8 Å². The van der Waals surface area contributed by atoms with Gasteiger partial charge in [0.1, 0.15) is 5.69 Å². The molecule has 2 N–H and O–H groups in total. The van der Waals surface area contributed by atoms with Gasteiger partial charge in [0.05, 0.1) is 6.04 Å². The minimum atomic E-state index is -0.0867. The first-order valence-electron chi connectivity index (χ1n) is 7.77. The van der Waals surface area contributed by atoms with E-state index in [1.54, 1.807) is 0 Å². The van der Waals surface area contributed by atoms with Crippen molar-refractivity contribution in [3.8, 4) is 0 Å². The van der Waals surface area contributed by atoms with Crippen LogP contribution in [0.15, 0.2) is 48.7 Å². The van der Waals surface area contributed by atoms with E-state index in [0.29, 0.717) is 18.5 Å². The molecule has 0 saturated heterocycles. The van der Waals surface area contributed by atoms with Crippen LogP contribution in [-0.2, 0) is 0 Å².